The van der Waals surface area contributed by atoms with E-state index < -0.39 is 0 Å². The van der Waals surface area contributed by atoms with E-state index in [2.05, 4.69) is 37.1 Å². The van der Waals surface area contributed by atoms with Crippen LogP contribution in [0.3, 0.4) is 0 Å². The van der Waals surface area contributed by atoms with Crippen LogP contribution in [0.2, 0.25) is 0 Å². The SMILES string of the molecule is CNCc1cccnc1Oc1ccccc1C(C)(C)C. The van der Waals surface area contributed by atoms with Crippen LogP contribution in [0.1, 0.15) is 31.9 Å². The lowest BCUT2D eigenvalue weighted by molar-refractivity contribution is 0.433. The van der Waals surface area contributed by atoms with E-state index in [9.17, 15) is 0 Å². The maximum absolute atomic E-state index is 6.07. The van der Waals surface area contributed by atoms with Gasteiger partial charge in [0.25, 0.3) is 0 Å². The molecule has 2 rings (SSSR count). The second-order valence-electron chi connectivity index (χ2n) is 5.85. The number of rotatable bonds is 4. The number of para-hydroxylation sites is 1. The molecule has 0 bridgehead atoms. The molecule has 0 amide bonds. The summed E-state index contributed by atoms with van der Waals surface area (Å²) >= 11 is 0. The Morgan fingerprint density at radius 3 is 2.55 bits per heavy atom. The molecule has 0 aliphatic rings. The predicted molar refractivity (Wildman–Crippen MR) is 82.2 cm³/mol. The Kier molecular flexibility index (Phi) is 4.40. The van der Waals surface area contributed by atoms with Crippen molar-refractivity contribution in [3.05, 3.63) is 53.7 Å². The second-order valence-corrected chi connectivity index (χ2v) is 5.85. The molecular weight excluding hydrogens is 248 g/mol. The first-order valence-corrected chi connectivity index (χ1v) is 6.88. The first kappa shape index (κ1) is 14.5. The number of pyridine rings is 1. The molecule has 0 saturated carbocycles. The zero-order valence-corrected chi connectivity index (χ0v) is 12.6. The zero-order chi connectivity index (χ0) is 14.6. The summed E-state index contributed by atoms with van der Waals surface area (Å²) in [6.45, 7) is 7.28. The first-order chi connectivity index (χ1) is 9.52. The van der Waals surface area contributed by atoms with Crippen molar-refractivity contribution in [3.63, 3.8) is 0 Å². The predicted octanol–water partition coefficient (Wildman–Crippen LogP) is 3.89. The maximum atomic E-state index is 6.07. The van der Waals surface area contributed by atoms with Crippen LogP contribution >= 0.6 is 0 Å². The van der Waals surface area contributed by atoms with Gasteiger partial charge in [-0.15, -0.1) is 0 Å². The molecule has 20 heavy (non-hydrogen) atoms. The molecule has 0 unspecified atom stereocenters. The van der Waals surface area contributed by atoms with E-state index in [0.29, 0.717) is 5.88 Å². The van der Waals surface area contributed by atoms with E-state index in [4.69, 9.17) is 4.74 Å². The van der Waals surface area contributed by atoms with Gasteiger partial charge in [-0.05, 0) is 24.6 Å². The Morgan fingerprint density at radius 2 is 1.85 bits per heavy atom. The maximum Gasteiger partial charge on any atom is 0.223 e. The summed E-state index contributed by atoms with van der Waals surface area (Å²) in [6.07, 6.45) is 1.76. The summed E-state index contributed by atoms with van der Waals surface area (Å²) < 4.78 is 6.07. The van der Waals surface area contributed by atoms with Gasteiger partial charge >= 0.3 is 0 Å². The minimum Gasteiger partial charge on any atom is -0.438 e. The topological polar surface area (TPSA) is 34.2 Å². The van der Waals surface area contributed by atoms with Crippen molar-refractivity contribution >= 4 is 0 Å². The smallest absolute Gasteiger partial charge is 0.223 e. The van der Waals surface area contributed by atoms with E-state index in [1.54, 1.807) is 6.20 Å². The first-order valence-electron chi connectivity index (χ1n) is 6.88. The fourth-order valence-electron chi connectivity index (χ4n) is 2.12. The molecule has 1 N–H and O–H groups in total. The van der Waals surface area contributed by atoms with E-state index in [1.165, 1.54) is 5.56 Å². The lowest BCUT2D eigenvalue weighted by atomic mass is 9.86. The van der Waals surface area contributed by atoms with Gasteiger partial charge in [0.1, 0.15) is 5.75 Å². The second kappa shape index (κ2) is 6.06. The van der Waals surface area contributed by atoms with Crippen LogP contribution < -0.4 is 10.1 Å². The van der Waals surface area contributed by atoms with Crippen LogP contribution in [-0.2, 0) is 12.0 Å². The van der Waals surface area contributed by atoms with Crippen LogP contribution in [0.15, 0.2) is 42.6 Å². The van der Waals surface area contributed by atoms with Gasteiger partial charge in [-0.1, -0.05) is 45.0 Å². The fraction of sp³-hybridized carbons (Fsp3) is 0.353. The van der Waals surface area contributed by atoms with Crippen molar-refractivity contribution in [3.8, 4) is 11.6 Å². The molecular formula is C17H22N2O. The zero-order valence-electron chi connectivity index (χ0n) is 12.6. The van der Waals surface area contributed by atoms with Crippen LogP contribution in [0.4, 0.5) is 0 Å². The van der Waals surface area contributed by atoms with Crippen molar-refractivity contribution in [1.29, 1.82) is 0 Å². The third kappa shape index (κ3) is 3.36. The van der Waals surface area contributed by atoms with Crippen molar-refractivity contribution in [2.45, 2.75) is 32.7 Å². The number of nitrogens with zero attached hydrogens (tertiary/aromatic N) is 1. The number of hydrogen-bond donors (Lipinski definition) is 1. The van der Waals surface area contributed by atoms with Gasteiger partial charge in [0.05, 0.1) is 0 Å². The summed E-state index contributed by atoms with van der Waals surface area (Å²) in [5, 5.41) is 3.14. The standard InChI is InChI=1S/C17H22N2O/c1-17(2,3)14-9-5-6-10-15(14)20-16-13(12-18-4)8-7-11-19-16/h5-11,18H,12H2,1-4H3. The quantitative estimate of drug-likeness (QED) is 0.915. The van der Waals surface area contributed by atoms with Crippen LogP contribution in [0, 0.1) is 0 Å². The van der Waals surface area contributed by atoms with Crippen LogP contribution in [0.5, 0.6) is 11.6 Å². The number of hydrogen-bond acceptors (Lipinski definition) is 3. The monoisotopic (exact) mass is 270 g/mol. The van der Waals surface area contributed by atoms with E-state index in [-0.39, 0.29) is 5.41 Å². The van der Waals surface area contributed by atoms with Crippen molar-refractivity contribution < 1.29 is 4.74 Å². The highest BCUT2D eigenvalue weighted by atomic mass is 16.5. The number of ether oxygens (including phenoxy) is 1. The number of aromatic nitrogens is 1. The molecule has 1 aromatic heterocycles. The molecule has 0 spiro atoms. The van der Waals surface area contributed by atoms with Crippen molar-refractivity contribution in [1.82, 2.24) is 10.3 Å². The molecule has 0 aliphatic heterocycles. The molecule has 0 atom stereocenters. The molecule has 1 heterocycles. The molecule has 106 valence electrons. The summed E-state index contributed by atoms with van der Waals surface area (Å²) in [5.74, 6) is 1.54. The number of benzene rings is 1. The average Bonchev–Trinajstić information content (AvgIpc) is 2.41. The normalized spacial score (nSPS) is 11.4. The minimum atomic E-state index is 0.0363. The summed E-state index contributed by atoms with van der Waals surface area (Å²) in [5.41, 5.74) is 2.27. The van der Waals surface area contributed by atoms with Gasteiger partial charge in [-0.3, -0.25) is 0 Å². The average molecular weight is 270 g/mol. The summed E-state index contributed by atoms with van der Waals surface area (Å²) in [6, 6.07) is 12.1. The van der Waals surface area contributed by atoms with Crippen LogP contribution in [-0.4, -0.2) is 12.0 Å². The van der Waals surface area contributed by atoms with Gasteiger partial charge < -0.3 is 10.1 Å². The molecule has 3 nitrogen and oxygen atoms in total. The summed E-state index contributed by atoms with van der Waals surface area (Å²) in [7, 11) is 1.92. The highest BCUT2D eigenvalue weighted by molar-refractivity contribution is 5.41. The summed E-state index contributed by atoms with van der Waals surface area (Å²) in [4.78, 5) is 4.35. The van der Waals surface area contributed by atoms with Gasteiger partial charge in [0.15, 0.2) is 0 Å². The fourth-order valence-corrected chi connectivity index (χ4v) is 2.12. The highest BCUT2D eigenvalue weighted by Crippen LogP contribution is 2.34. The molecule has 0 saturated heterocycles. The molecule has 0 radical (unpaired) electrons. The Labute approximate surface area is 121 Å². The highest BCUT2D eigenvalue weighted by Gasteiger charge is 2.19. The lowest BCUT2D eigenvalue weighted by Crippen LogP contribution is -2.13. The number of nitrogens with one attached hydrogen (secondary N) is 1. The van der Waals surface area contributed by atoms with Gasteiger partial charge in [0.2, 0.25) is 5.88 Å². The van der Waals surface area contributed by atoms with Crippen molar-refractivity contribution in [2.24, 2.45) is 0 Å². The largest absolute Gasteiger partial charge is 0.438 e. The Hall–Kier alpha value is -1.87. The van der Waals surface area contributed by atoms with Gasteiger partial charge in [0, 0.05) is 23.9 Å². The minimum absolute atomic E-state index is 0.0363. The Balaban J connectivity index is 2.36. The third-order valence-corrected chi connectivity index (χ3v) is 3.12. The molecule has 0 aliphatic carbocycles. The van der Waals surface area contributed by atoms with Gasteiger partial charge in [-0.25, -0.2) is 4.98 Å². The Morgan fingerprint density at radius 1 is 1.10 bits per heavy atom. The third-order valence-electron chi connectivity index (χ3n) is 3.12. The van der Waals surface area contributed by atoms with E-state index in [0.717, 1.165) is 17.9 Å². The Bertz CT molecular complexity index is 573. The molecule has 0 fully saturated rings. The molecule has 1 aromatic carbocycles. The molecule has 2 aromatic rings. The lowest BCUT2D eigenvalue weighted by Gasteiger charge is -2.22. The van der Waals surface area contributed by atoms with E-state index in [1.807, 2.05) is 37.4 Å². The molecule has 3 heteroatoms. The van der Waals surface area contributed by atoms with Crippen molar-refractivity contribution in [2.75, 3.05) is 7.05 Å². The van der Waals surface area contributed by atoms with Crippen LogP contribution in [0.25, 0.3) is 0 Å². The van der Waals surface area contributed by atoms with Gasteiger partial charge in [-0.2, -0.15) is 0 Å². The van der Waals surface area contributed by atoms with E-state index >= 15 is 0 Å².